The van der Waals surface area contributed by atoms with Gasteiger partial charge in [0, 0.05) is 6.42 Å². The highest BCUT2D eigenvalue weighted by Crippen LogP contribution is 2.08. The van der Waals surface area contributed by atoms with E-state index in [4.69, 9.17) is 5.11 Å². The molecule has 1 aliphatic rings. The van der Waals surface area contributed by atoms with Gasteiger partial charge < -0.3 is 36.6 Å². The van der Waals surface area contributed by atoms with Crippen molar-refractivity contribution in [3.8, 4) is 0 Å². The summed E-state index contributed by atoms with van der Waals surface area (Å²) in [7, 11) is 0. The van der Waals surface area contributed by atoms with Gasteiger partial charge in [-0.15, -0.1) is 0 Å². The molecule has 1 saturated heterocycles. The fraction of sp³-hybridized carbons (Fsp3) is 0.737. The topological polar surface area (TPSA) is 194 Å². The third-order valence-corrected chi connectivity index (χ3v) is 5.59. The normalized spacial score (nSPS) is 19.3. The first-order chi connectivity index (χ1) is 15.1. The van der Waals surface area contributed by atoms with Crippen molar-refractivity contribution in [2.24, 2.45) is 0 Å². The first-order valence-corrected chi connectivity index (χ1v) is 11.7. The number of aliphatic hydroxyl groups is 1. The molecule has 5 atom stereocenters. The summed E-state index contributed by atoms with van der Waals surface area (Å²) in [6, 6.07) is -4.45. The number of nitrogens with one attached hydrogen (secondary N) is 4. The maximum absolute atomic E-state index is 12.8. The van der Waals surface area contributed by atoms with Crippen LogP contribution < -0.4 is 21.3 Å². The van der Waals surface area contributed by atoms with Crippen LogP contribution in [-0.4, -0.2) is 93.8 Å². The summed E-state index contributed by atoms with van der Waals surface area (Å²) in [6.45, 7) is 1.89. The predicted molar refractivity (Wildman–Crippen MR) is 116 cm³/mol. The zero-order chi connectivity index (χ0) is 24.3. The second-order valence-electron chi connectivity index (χ2n) is 7.55. The molecule has 1 heterocycles. The van der Waals surface area contributed by atoms with E-state index < -0.39 is 66.4 Å². The predicted octanol–water partition coefficient (Wildman–Crippen LogP) is -1.72. The second-order valence-corrected chi connectivity index (χ2v) is 8.54. The molecule has 1 fully saturated rings. The van der Waals surface area contributed by atoms with E-state index in [9.17, 15) is 34.2 Å². The summed E-state index contributed by atoms with van der Waals surface area (Å²) in [5.41, 5.74) is 0. The van der Waals surface area contributed by atoms with Gasteiger partial charge in [-0.05, 0) is 51.2 Å². The molecule has 32 heavy (non-hydrogen) atoms. The van der Waals surface area contributed by atoms with Crippen LogP contribution in [0.15, 0.2) is 0 Å². The molecule has 0 bridgehead atoms. The van der Waals surface area contributed by atoms with Gasteiger partial charge >= 0.3 is 11.9 Å². The number of aliphatic hydroxyl groups excluding tert-OH is 1. The van der Waals surface area contributed by atoms with Gasteiger partial charge in [0.15, 0.2) is 0 Å². The molecule has 1 rings (SSSR count). The summed E-state index contributed by atoms with van der Waals surface area (Å²) >= 11 is 1.40. The van der Waals surface area contributed by atoms with Crippen molar-refractivity contribution in [1.82, 2.24) is 21.3 Å². The number of thioether (sulfide) groups is 1. The number of carbonyl (C=O) groups is 5. The van der Waals surface area contributed by atoms with E-state index in [2.05, 4.69) is 21.3 Å². The number of carboxylic acid groups (broad SMARTS) is 2. The Labute approximate surface area is 190 Å². The van der Waals surface area contributed by atoms with Crippen molar-refractivity contribution in [1.29, 1.82) is 0 Å². The molecule has 13 heteroatoms. The van der Waals surface area contributed by atoms with Gasteiger partial charge in [-0.25, -0.2) is 4.79 Å². The number of carboxylic acids is 2. The van der Waals surface area contributed by atoms with Gasteiger partial charge in [0.2, 0.25) is 17.7 Å². The molecule has 182 valence electrons. The fourth-order valence-corrected chi connectivity index (χ4v) is 3.60. The molecule has 0 aromatic heterocycles. The van der Waals surface area contributed by atoms with Crippen LogP contribution in [0.5, 0.6) is 0 Å². The van der Waals surface area contributed by atoms with Crippen molar-refractivity contribution in [3.63, 3.8) is 0 Å². The van der Waals surface area contributed by atoms with Crippen molar-refractivity contribution in [2.45, 2.75) is 69.3 Å². The standard InChI is InChI=1S/C19H32N4O8S/c1-10(24)15(18(29)22-13(19(30)31)7-9-32-2)23-17(28)12(5-6-14(25)26)21-16(27)11-4-3-8-20-11/h10-13,15,20,24H,3-9H2,1-2H3,(H,21,27)(H,22,29)(H,23,28)(H,25,26)(H,30,31). The van der Waals surface area contributed by atoms with Crippen molar-refractivity contribution < 1.29 is 39.3 Å². The van der Waals surface area contributed by atoms with E-state index >= 15 is 0 Å². The van der Waals surface area contributed by atoms with Gasteiger partial charge in [0.05, 0.1) is 12.1 Å². The number of aliphatic carboxylic acids is 2. The Bertz CT molecular complexity index is 684. The van der Waals surface area contributed by atoms with Crippen LogP contribution in [0.4, 0.5) is 0 Å². The Kier molecular flexibility index (Phi) is 12.0. The highest BCUT2D eigenvalue weighted by molar-refractivity contribution is 7.98. The lowest BCUT2D eigenvalue weighted by Crippen LogP contribution is -2.59. The zero-order valence-electron chi connectivity index (χ0n) is 18.1. The molecule has 5 unspecified atom stereocenters. The van der Waals surface area contributed by atoms with E-state index in [0.717, 1.165) is 6.42 Å². The highest BCUT2D eigenvalue weighted by atomic mass is 32.2. The number of carbonyl (C=O) groups excluding carboxylic acids is 3. The number of hydrogen-bond donors (Lipinski definition) is 7. The van der Waals surface area contributed by atoms with Crippen LogP contribution >= 0.6 is 11.8 Å². The average molecular weight is 477 g/mol. The zero-order valence-corrected chi connectivity index (χ0v) is 18.9. The summed E-state index contributed by atoms with van der Waals surface area (Å²) < 4.78 is 0. The average Bonchev–Trinajstić information content (AvgIpc) is 3.26. The Balaban J connectivity index is 2.87. The van der Waals surface area contributed by atoms with Crippen molar-refractivity contribution in [3.05, 3.63) is 0 Å². The monoisotopic (exact) mass is 476 g/mol. The molecule has 0 aromatic carbocycles. The Hall–Kier alpha value is -2.38. The van der Waals surface area contributed by atoms with Crippen molar-refractivity contribution in [2.75, 3.05) is 18.6 Å². The van der Waals surface area contributed by atoms with Gasteiger partial charge in [-0.3, -0.25) is 19.2 Å². The van der Waals surface area contributed by atoms with Gasteiger partial charge in [-0.2, -0.15) is 11.8 Å². The number of hydrogen-bond acceptors (Lipinski definition) is 8. The number of amides is 3. The Morgan fingerprint density at radius 3 is 2.22 bits per heavy atom. The first kappa shape index (κ1) is 27.7. The lowest BCUT2D eigenvalue weighted by Gasteiger charge is -2.26. The molecule has 0 aliphatic carbocycles. The van der Waals surface area contributed by atoms with E-state index in [1.165, 1.54) is 18.7 Å². The quantitative estimate of drug-likeness (QED) is 0.151. The summed E-state index contributed by atoms with van der Waals surface area (Å²) in [5, 5.41) is 38.3. The molecule has 0 saturated carbocycles. The summed E-state index contributed by atoms with van der Waals surface area (Å²) in [4.78, 5) is 60.1. The molecular formula is C19H32N4O8S. The molecule has 3 amide bonds. The fourth-order valence-electron chi connectivity index (χ4n) is 3.13. The smallest absolute Gasteiger partial charge is 0.326 e. The third kappa shape index (κ3) is 9.40. The maximum atomic E-state index is 12.8. The van der Waals surface area contributed by atoms with E-state index in [-0.39, 0.29) is 12.8 Å². The van der Waals surface area contributed by atoms with Crippen LogP contribution in [-0.2, 0) is 24.0 Å². The first-order valence-electron chi connectivity index (χ1n) is 10.3. The second kappa shape index (κ2) is 13.9. The van der Waals surface area contributed by atoms with Crippen LogP contribution in [0.2, 0.25) is 0 Å². The molecule has 7 N–H and O–H groups in total. The molecule has 0 spiro atoms. The molecule has 0 radical (unpaired) electrons. The van der Waals surface area contributed by atoms with Gasteiger partial charge in [0.1, 0.15) is 18.1 Å². The Morgan fingerprint density at radius 1 is 1.03 bits per heavy atom. The Morgan fingerprint density at radius 2 is 1.72 bits per heavy atom. The minimum Gasteiger partial charge on any atom is -0.481 e. The summed E-state index contributed by atoms with van der Waals surface area (Å²) in [5.74, 6) is -4.16. The SMILES string of the molecule is CSCCC(NC(=O)C(NC(=O)C(CCC(=O)O)NC(=O)C1CCCN1)C(C)O)C(=O)O. The van der Waals surface area contributed by atoms with Crippen molar-refractivity contribution >= 4 is 41.4 Å². The van der Waals surface area contributed by atoms with Crippen LogP contribution in [0.1, 0.15) is 39.0 Å². The largest absolute Gasteiger partial charge is 0.481 e. The molecular weight excluding hydrogens is 444 g/mol. The van der Waals surface area contributed by atoms with Gasteiger partial charge in [0.25, 0.3) is 0 Å². The van der Waals surface area contributed by atoms with Crippen LogP contribution in [0, 0.1) is 0 Å². The van der Waals surface area contributed by atoms with E-state index in [0.29, 0.717) is 18.7 Å². The maximum Gasteiger partial charge on any atom is 0.326 e. The molecule has 12 nitrogen and oxygen atoms in total. The molecule has 0 aromatic rings. The van der Waals surface area contributed by atoms with Crippen LogP contribution in [0.25, 0.3) is 0 Å². The minimum absolute atomic E-state index is 0.147. The summed E-state index contributed by atoms with van der Waals surface area (Å²) in [6.07, 6.45) is 1.29. The third-order valence-electron chi connectivity index (χ3n) is 4.94. The molecule has 1 aliphatic heterocycles. The lowest BCUT2D eigenvalue weighted by atomic mass is 10.1. The minimum atomic E-state index is -1.49. The van der Waals surface area contributed by atoms with Gasteiger partial charge in [-0.1, -0.05) is 0 Å². The lowest BCUT2D eigenvalue weighted by molar-refractivity contribution is -0.143. The van der Waals surface area contributed by atoms with E-state index in [1.54, 1.807) is 6.26 Å². The van der Waals surface area contributed by atoms with E-state index in [1.807, 2.05) is 0 Å². The van der Waals surface area contributed by atoms with Crippen LogP contribution in [0.3, 0.4) is 0 Å². The number of rotatable bonds is 14. The highest BCUT2D eigenvalue weighted by Gasteiger charge is 2.33.